The number of unbranched alkanes of at least 4 members (excludes halogenated alkanes) is 5. The van der Waals surface area contributed by atoms with Crippen LogP contribution >= 0.6 is 0 Å². The molecule has 0 heterocycles. The summed E-state index contributed by atoms with van der Waals surface area (Å²) in [6.07, 6.45) is 9.18. The summed E-state index contributed by atoms with van der Waals surface area (Å²) < 4.78 is 0. The molecule has 0 amide bonds. The fourth-order valence-corrected chi connectivity index (χ4v) is 3.92. The molecule has 2 heteroatoms. The van der Waals surface area contributed by atoms with E-state index in [2.05, 4.69) is 45.0 Å². The van der Waals surface area contributed by atoms with Crippen molar-refractivity contribution in [2.75, 3.05) is 11.5 Å². The lowest BCUT2D eigenvalue weighted by atomic mass is 9.68. The summed E-state index contributed by atoms with van der Waals surface area (Å²) >= 11 is 0. The maximum absolute atomic E-state index is 5.92. The average molecular weight is 353 g/mol. The van der Waals surface area contributed by atoms with E-state index in [4.69, 9.17) is 11.5 Å². The molecule has 0 aliphatic carbocycles. The second-order valence-corrected chi connectivity index (χ2v) is 8.12. The average Bonchev–Trinajstić information content (AvgIpc) is 2.62. The highest BCUT2D eigenvalue weighted by molar-refractivity contribution is 5.44. The molecule has 1 unspecified atom stereocenters. The topological polar surface area (TPSA) is 52.0 Å². The zero-order valence-corrected chi connectivity index (χ0v) is 16.8. The van der Waals surface area contributed by atoms with Crippen molar-refractivity contribution in [2.24, 2.45) is 0 Å². The Labute approximate surface area is 160 Å². The van der Waals surface area contributed by atoms with Gasteiger partial charge in [-0.2, -0.15) is 0 Å². The number of nitrogen functional groups attached to an aromatic ring is 2. The fourth-order valence-electron chi connectivity index (χ4n) is 3.92. The summed E-state index contributed by atoms with van der Waals surface area (Å²) in [5, 5.41) is 0. The number of rotatable bonds is 10. The number of hydrogen-bond acceptors (Lipinski definition) is 2. The van der Waals surface area contributed by atoms with Gasteiger partial charge in [0.25, 0.3) is 0 Å². The Bertz CT molecular complexity index is 641. The zero-order chi connectivity index (χ0) is 19.0. The predicted molar refractivity (Wildman–Crippen MR) is 115 cm³/mol. The Kier molecular flexibility index (Phi) is 7.56. The highest BCUT2D eigenvalue weighted by atomic mass is 14.5. The normalized spacial score (nSPS) is 12.9. The van der Waals surface area contributed by atoms with Gasteiger partial charge in [0.15, 0.2) is 0 Å². The van der Waals surface area contributed by atoms with Gasteiger partial charge < -0.3 is 11.5 Å². The Morgan fingerprint density at radius 2 is 1.23 bits per heavy atom. The predicted octanol–water partition coefficient (Wildman–Crippen LogP) is 6.66. The molecule has 0 aliphatic heterocycles. The van der Waals surface area contributed by atoms with Crippen LogP contribution < -0.4 is 11.5 Å². The summed E-state index contributed by atoms with van der Waals surface area (Å²) in [6.45, 7) is 6.99. The minimum absolute atomic E-state index is 0.0488. The first kappa shape index (κ1) is 20.4. The van der Waals surface area contributed by atoms with Gasteiger partial charge in [-0.25, -0.2) is 0 Å². The second kappa shape index (κ2) is 9.66. The molecule has 0 aliphatic rings. The van der Waals surface area contributed by atoms with E-state index in [0.29, 0.717) is 5.92 Å². The molecule has 0 saturated heterocycles. The lowest BCUT2D eigenvalue weighted by Gasteiger charge is -2.36. The van der Waals surface area contributed by atoms with Crippen LogP contribution in [0.2, 0.25) is 0 Å². The quantitative estimate of drug-likeness (QED) is 0.371. The third kappa shape index (κ3) is 5.52. The number of anilines is 2. The molecule has 2 aromatic rings. The van der Waals surface area contributed by atoms with E-state index in [1.165, 1.54) is 56.1 Å². The molecule has 2 rings (SSSR count). The largest absolute Gasteiger partial charge is 0.399 e. The van der Waals surface area contributed by atoms with Crippen LogP contribution in [0, 0.1) is 0 Å². The molecule has 142 valence electrons. The van der Waals surface area contributed by atoms with Crippen molar-refractivity contribution in [1.82, 2.24) is 0 Å². The lowest BCUT2D eigenvalue weighted by molar-refractivity contribution is 0.376. The third-order valence-electron chi connectivity index (χ3n) is 5.71. The molecule has 0 spiro atoms. The third-order valence-corrected chi connectivity index (χ3v) is 5.71. The van der Waals surface area contributed by atoms with E-state index in [1.54, 1.807) is 0 Å². The summed E-state index contributed by atoms with van der Waals surface area (Å²) in [7, 11) is 0. The van der Waals surface area contributed by atoms with Gasteiger partial charge in [0.1, 0.15) is 0 Å². The van der Waals surface area contributed by atoms with Gasteiger partial charge in [0.05, 0.1) is 0 Å². The standard InChI is InChI=1S/C24H36N2/c1-4-5-6-7-8-9-10-23(19-11-15-21(25)16-12-19)24(2,3)20-13-17-22(26)18-14-20/h11-18,23H,4-10,25-26H2,1-3H3. The molecule has 0 aromatic heterocycles. The van der Waals surface area contributed by atoms with Crippen LogP contribution in [0.1, 0.15) is 82.8 Å². The molecular formula is C24H36N2. The van der Waals surface area contributed by atoms with Gasteiger partial charge in [0, 0.05) is 11.4 Å². The first-order chi connectivity index (χ1) is 12.4. The highest BCUT2D eigenvalue weighted by Gasteiger charge is 2.32. The number of benzene rings is 2. The van der Waals surface area contributed by atoms with E-state index in [1.807, 2.05) is 24.3 Å². The molecule has 4 N–H and O–H groups in total. The molecule has 0 bridgehead atoms. The van der Waals surface area contributed by atoms with Crippen LogP contribution in [0.4, 0.5) is 11.4 Å². The van der Waals surface area contributed by atoms with Gasteiger partial charge in [0.2, 0.25) is 0 Å². The minimum Gasteiger partial charge on any atom is -0.399 e. The van der Waals surface area contributed by atoms with Crippen LogP contribution in [0.15, 0.2) is 48.5 Å². The highest BCUT2D eigenvalue weighted by Crippen LogP contribution is 2.42. The van der Waals surface area contributed by atoms with Crippen molar-refractivity contribution < 1.29 is 0 Å². The molecule has 2 nitrogen and oxygen atoms in total. The zero-order valence-electron chi connectivity index (χ0n) is 16.8. The first-order valence-electron chi connectivity index (χ1n) is 10.2. The summed E-state index contributed by atoms with van der Waals surface area (Å²) in [6, 6.07) is 16.9. The van der Waals surface area contributed by atoms with E-state index in [-0.39, 0.29) is 5.41 Å². The van der Waals surface area contributed by atoms with E-state index < -0.39 is 0 Å². The molecule has 26 heavy (non-hydrogen) atoms. The van der Waals surface area contributed by atoms with Crippen molar-refractivity contribution in [1.29, 1.82) is 0 Å². The Morgan fingerprint density at radius 3 is 1.81 bits per heavy atom. The van der Waals surface area contributed by atoms with Gasteiger partial charge >= 0.3 is 0 Å². The van der Waals surface area contributed by atoms with Gasteiger partial charge in [-0.05, 0) is 53.1 Å². The fraction of sp³-hybridized carbons (Fsp3) is 0.500. The SMILES string of the molecule is CCCCCCCCC(c1ccc(N)cc1)C(C)(C)c1ccc(N)cc1. The van der Waals surface area contributed by atoms with E-state index in [9.17, 15) is 0 Å². The number of hydrogen-bond donors (Lipinski definition) is 2. The Hall–Kier alpha value is -1.96. The first-order valence-corrected chi connectivity index (χ1v) is 10.2. The van der Waals surface area contributed by atoms with Crippen LogP contribution in [0.25, 0.3) is 0 Å². The Morgan fingerprint density at radius 1 is 0.731 bits per heavy atom. The molecule has 1 atom stereocenters. The van der Waals surface area contributed by atoms with Gasteiger partial charge in [-0.3, -0.25) is 0 Å². The smallest absolute Gasteiger partial charge is 0.0314 e. The van der Waals surface area contributed by atoms with Crippen molar-refractivity contribution >= 4 is 11.4 Å². The van der Waals surface area contributed by atoms with Gasteiger partial charge in [-0.1, -0.05) is 83.6 Å². The molecule has 0 radical (unpaired) electrons. The minimum atomic E-state index is 0.0488. The second-order valence-electron chi connectivity index (χ2n) is 8.12. The summed E-state index contributed by atoms with van der Waals surface area (Å²) in [4.78, 5) is 0. The van der Waals surface area contributed by atoms with Crippen molar-refractivity contribution in [2.45, 2.75) is 77.0 Å². The van der Waals surface area contributed by atoms with E-state index >= 15 is 0 Å². The van der Waals surface area contributed by atoms with Crippen LogP contribution in [-0.4, -0.2) is 0 Å². The molecule has 2 aromatic carbocycles. The van der Waals surface area contributed by atoms with Crippen molar-refractivity contribution in [3.63, 3.8) is 0 Å². The van der Waals surface area contributed by atoms with Crippen molar-refractivity contribution in [3.8, 4) is 0 Å². The maximum atomic E-state index is 5.92. The molecule has 0 fully saturated rings. The van der Waals surface area contributed by atoms with Gasteiger partial charge in [-0.15, -0.1) is 0 Å². The monoisotopic (exact) mass is 352 g/mol. The van der Waals surface area contributed by atoms with Crippen LogP contribution in [0.5, 0.6) is 0 Å². The van der Waals surface area contributed by atoms with Crippen LogP contribution in [0.3, 0.4) is 0 Å². The lowest BCUT2D eigenvalue weighted by Crippen LogP contribution is -2.27. The van der Waals surface area contributed by atoms with Crippen LogP contribution in [-0.2, 0) is 5.41 Å². The Balaban J connectivity index is 2.16. The molecule has 0 saturated carbocycles. The summed E-state index contributed by atoms with van der Waals surface area (Å²) in [5.74, 6) is 0.470. The van der Waals surface area contributed by atoms with E-state index in [0.717, 1.165) is 11.4 Å². The van der Waals surface area contributed by atoms with Crippen molar-refractivity contribution in [3.05, 3.63) is 59.7 Å². The summed E-state index contributed by atoms with van der Waals surface area (Å²) in [5.41, 5.74) is 16.2. The molecular weight excluding hydrogens is 316 g/mol. The maximum Gasteiger partial charge on any atom is 0.0314 e. The number of nitrogens with two attached hydrogens (primary N) is 2.